The molecule has 0 aliphatic rings. The zero-order valence-electron chi connectivity index (χ0n) is 10.2. The highest BCUT2D eigenvalue weighted by Gasteiger charge is 2.06. The van der Waals surface area contributed by atoms with Crippen LogP contribution in [0.1, 0.15) is 18.4 Å². The van der Waals surface area contributed by atoms with Gasteiger partial charge in [-0.15, -0.1) is 0 Å². The number of aliphatic carboxylic acids is 1. The van der Waals surface area contributed by atoms with Crippen LogP contribution in [0.2, 0.25) is 0 Å². The van der Waals surface area contributed by atoms with Crippen molar-refractivity contribution in [1.82, 2.24) is 4.90 Å². The van der Waals surface area contributed by atoms with Crippen molar-refractivity contribution in [1.29, 1.82) is 0 Å². The molecule has 1 aromatic carbocycles. The highest BCUT2D eigenvalue weighted by Crippen LogP contribution is 2.13. The van der Waals surface area contributed by atoms with E-state index in [1.54, 1.807) is 12.1 Å². The number of non-ortho nitro benzene ring substituents is 1. The molecule has 0 heterocycles. The number of hydrogen-bond donors (Lipinski definition) is 1. The van der Waals surface area contributed by atoms with Gasteiger partial charge in [-0.3, -0.25) is 14.9 Å². The van der Waals surface area contributed by atoms with Crippen LogP contribution in [0.3, 0.4) is 0 Å². The lowest BCUT2D eigenvalue weighted by molar-refractivity contribution is -0.384. The second-order valence-corrected chi connectivity index (χ2v) is 4.16. The highest BCUT2D eigenvalue weighted by molar-refractivity contribution is 5.66. The van der Waals surface area contributed by atoms with Crippen LogP contribution in [0.4, 0.5) is 5.69 Å². The summed E-state index contributed by atoms with van der Waals surface area (Å²) in [5, 5.41) is 19.0. The summed E-state index contributed by atoms with van der Waals surface area (Å²) in [6, 6.07) is 6.37. The molecule has 1 rings (SSSR count). The molecular weight excluding hydrogens is 236 g/mol. The van der Waals surface area contributed by atoms with Crippen molar-refractivity contribution < 1.29 is 14.8 Å². The maximum atomic E-state index is 10.5. The van der Waals surface area contributed by atoms with Gasteiger partial charge in [-0.2, -0.15) is 0 Å². The third kappa shape index (κ3) is 4.92. The van der Waals surface area contributed by atoms with Gasteiger partial charge in [0.15, 0.2) is 0 Å². The van der Waals surface area contributed by atoms with Crippen molar-refractivity contribution >= 4 is 11.7 Å². The first-order valence-electron chi connectivity index (χ1n) is 5.62. The van der Waals surface area contributed by atoms with Crippen molar-refractivity contribution in [3.8, 4) is 0 Å². The number of benzene rings is 1. The Morgan fingerprint density at radius 1 is 1.39 bits per heavy atom. The van der Waals surface area contributed by atoms with Crippen molar-refractivity contribution in [2.24, 2.45) is 0 Å². The molecule has 98 valence electrons. The molecule has 0 amide bonds. The number of carboxylic acid groups (broad SMARTS) is 1. The largest absolute Gasteiger partial charge is 0.481 e. The molecule has 1 aromatic rings. The molecule has 0 aliphatic heterocycles. The summed E-state index contributed by atoms with van der Waals surface area (Å²) >= 11 is 0. The van der Waals surface area contributed by atoms with Crippen molar-refractivity contribution in [3.63, 3.8) is 0 Å². The summed E-state index contributed by atoms with van der Waals surface area (Å²) in [5.74, 6) is -0.793. The van der Waals surface area contributed by atoms with Gasteiger partial charge in [-0.05, 0) is 25.6 Å². The molecule has 6 nitrogen and oxygen atoms in total. The van der Waals surface area contributed by atoms with E-state index in [9.17, 15) is 14.9 Å². The minimum Gasteiger partial charge on any atom is -0.481 e. The number of nitro groups is 1. The zero-order valence-corrected chi connectivity index (χ0v) is 10.2. The average molecular weight is 252 g/mol. The molecular formula is C12H16N2O4. The van der Waals surface area contributed by atoms with Crippen molar-refractivity contribution in [3.05, 3.63) is 39.9 Å². The van der Waals surface area contributed by atoms with E-state index in [1.807, 2.05) is 11.9 Å². The lowest BCUT2D eigenvalue weighted by Crippen LogP contribution is -2.19. The third-order valence-electron chi connectivity index (χ3n) is 2.53. The van der Waals surface area contributed by atoms with E-state index in [4.69, 9.17) is 5.11 Å². The highest BCUT2D eigenvalue weighted by atomic mass is 16.6. The molecule has 0 saturated heterocycles. The summed E-state index contributed by atoms with van der Waals surface area (Å²) in [6.07, 6.45) is 0.753. The van der Waals surface area contributed by atoms with E-state index in [-0.39, 0.29) is 12.1 Å². The molecule has 0 unspecified atom stereocenters. The molecule has 0 spiro atoms. The van der Waals surface area contributed by atoms with Gasteiger partial charge in [0.2, 0.25) is 0 Å². The molecule has 6 heteroatoms. The van der Waals surface area contributed by atoms with Crippen LogP contribution in [0.25, 0.3) is 0 Å². The Bertz CT molecular complexity index is 417. The second kappa shape index (κ2) is 6.70. The van der Waals surface area contributed by atoms with Gasteiger partial charge < -0.3 is 10.0 Å². The Morgan fingerprint density at radius 2 is 2.00 bits per heavy atom. The average Bonchev–Trinajstić information content (AvgIpc) is 2.29. The minimum absolute atomic E-state index is 0.0762. The van der Waals surface area contributed by atoms with Gasteiger partial charge in [-0.1, -0.05) is 12.1 Å². The lowest BCUT2D eigenvalue weighted by atomic mass is 10.2. The fraction of sp³-hybridized carbons (Fsp3) is 0.417. The van der Waals surface area contributed by atoms with Crippen LogP contribution in [0, 0.1) is 10.1 Å². The maximum absolute atomic E-state index is 10.5. The topological polar surface area (TPSA) is 83.7 Å². The van der Waals surface area contributed by atoms with Gasteiger partial charge in [-0.25, -0.2) is 0 Å². The number of nitro benzene ring substituents is 1. The van der Waals surface area contributed by atoms with E-state index in [1.165, 1.54) is 12.1 Å². The summed E-state index contributed by atoms with van der Waals surface area (Å²) in [4.78, 5) is 22.4. The quantitative estimate of drug-likeness (QED) is 0.591. The monoisotopic (exact) mass is 252 g/mol. The summed E-state index contributed by atoms with van der Waals surface area (Å²) in [7, 11) is 1.89. The number of hydrogen-bond acceptors (Lipinski definition) is 4. The van der Waals surface area contributed by atoms with Gasteiger partial charge in [0.05, 0.1) is 4.92 Å². The van der Waals surface area contributed by atoms with E-state index in [0.29, 0.717) is 19.5 Å². The van der Waals surface area contributed by atoms with E-state index < -0.39 is 10.9 Å². The molecule has 0 atom stereocenters. The molecule has 0 saturated carbocycles. The molecule has 18 heavy (non-hydrogen) atoms. The van der Waals surface area contributed by atoms with Crippen LogP contribution in [0.15, 0.2) is 24.3 Å². The van der Waals surface area contributed by atoms with Gasteiger partial charge >= 0.3 is 5.97 Å². The summed E-state index contributed by atoms with van der Waals surface area (Å²) in [5.41, 5.74) is 1.05. The summed E-state index contributed by atoms with van der Waals surface area (Å²) in [6.45, 7) is 1.33. The number of carboxylic acids is 1. The Labute approximate surface area is 105 Å². The standard InChI is InChI=1S/C12H16N2O4/c1-13(8-2-3-12(15)16)9-10-4-6-11(7-5-10)14(17)18/h4-7H,2-3,8-9H2,1H3,(H,15,16). The smallest absolute Gasteiger partial charge is 0.303 e. The normalized spacial score (nSPS) is 10.6. The fourth-order valence-corrected chi connectivity index (χ4v) is 1.61. The fourth-order valence-electron chi connectivity index (χ4n) is 1.61. The van der Waals surface area contributed by atoms with E-state index in [0.717, 1.165) is 5.56 Å². The molecule has 1 N–H and O–H groups in total. The Hall–Kier alpha value is -1.95. The second-order valence-electron chi connectivity index (χ2n) is 4.16. The van der Waals surface area contributed by atoms with Crippen LogP contribution in [-0.4, -0.2) is 34.5 Å². The lowest BCUT2D eigenvalue weighted by Gasteiger charge is -2.15. The van der Waals surface area contributed by atoms with Crippen LogP contribution < -0.4 is 0 Å². The first kappa shape index (κ1) is 14.1. The van der Waals surface area contributed by atoms with E-state index in [2.05, 4.69) is 0 Å². The third-order valence-corrected chi connectivity index (χ3v) is 2.53. The predicted molar refractivity (Wildman–Crippen MR) is 66.3 cm³/mol. The van der Waals surface area contributed by atoms with E-state index >= 15 is 0 Å². The minimum atomic E-state index is -0.793. The predicted octanol–water partition coefficient (Wildman–Crippen LogP) is 1.89. The molecule has 0 bridgehead atoms. The van der Waals surface area contributed by atoms with Gasteiger partial charge in [0, 0.05) is 25.1 Å². The van der Waals surface area contributed by atoms with Crippen molar-refractivity contribution in [2.75, 3.05) is 13.6 Å². The van der Waals surface area contributed by atoms with Gasteiger partial charge in [0.25, 0.3) is 5.69 Å². The number of rotatable bonds is 7. The Kier molecular flexibility index (Phi) is 5.26. The van der Waals surface area contributed by atoms with Crippen LogP contribution in [-0.2, 0) is 11.3 Å². The Morgan fingerprint density at radius 3 is 2.50 bits per heavy atom. The number of carbonyl (C=O) groups is 1. The first-order valence-corrected chi connectivity index (χ1v) is 5.62. The molecule has 0 aromatic heterocycles. The zero-order chi connectivity index (χ0) is 13.5. The number of nitrogens with zero attached hydrogens (tertiary/aromatic N) is 2. The summed E-state index contributed by atoms with van der Waals surface area (Å²) < 4.78 is 0. The molecule has 0 fully saturated rings. The van der Waals surface area contributed by atoms with Crippen LogP contribution in [0.5, 0.6) is 0 Å². The van der Waals surface area contributed by atoms with Gasteiger partial charge in [0.1, 0.15) is 0 Å². The van der Waals surface area contributed by atoms with Crippen molar-refractivity contribution in [2.45, 2.75) is 19.4 Å². The maximum Gasteiger partial charge on any atom is 0.303 e. The molecule has 0 radical (unpaired) electrons. The van der Waals surface area contributed by atoms with Crippen LogP contribution >= 0.6 is 0 Å². The molecule has 0 aliphatic carbocycles. The SMILES string of the molecule is CN(CCCC(=O)O)Cc1ccc([N+](=O)[O-])cc1. The first-order chi connectivity index (χ1) is 8.49. The Balaban J connectivity index is 2.41.